The van der Waals surface area contributed by atoms with Gasteiger partial charge in [0.15, 0.2) is 0 Å². The molecule has 0 spiro atoms. The predicted molar refractivity (Wildman–Crippen MR) is 79.5 cm³/mol. The van der Waals surface area contributed by atoms with Gasteiger partial charge in [-0.15, -0.1) is 0 Å². The van der Waals surface area contributed by atoms with Gasteiger partial charge in [-0.25, -0.2) is 0 Å². The maximum atomic E-state index is 2.84. The van der Waals surface area contributed by atoms with Gasteiger partial charge in [-0.2, -0.15) is 0 Å². The molecule has 4 saturated heterocycles. The second-order valence-electron chi connectivity index (χ2n) is 7.25. The van der Waals surface area contributed by atoms with Gasteiger partial charge in [0.2, 0.25) is 0 Å². The van der Waals surface area contributed by atoms with Crippen molar-refractivity contribution < 1.29 is 0 Å². The number of rotatable bonds is 0. The van der Waals surface area contributed by atoms with E-state index in [1.165, 1.54) is 38.9 Å². The number of nitrogens with zero attached hydrogens (tertiary/aromatic N) is 3. The van der Waals surface area contributed by atoms with Crippen molar-refractivity contribution in [2.24, 2.45) is 0 Å². The fourth-order valence-corrected chi connectivity index (χ4v) is 5.30. The van der Waals surface area contributed by atoms with E-state index < -0.39 is 0 Å². The van der Waals surface area contributed by atoms with E-state index in [0.717, 1.165) is 38.4 Å². The van der Waals surface area contributed by atoms with Crippen LogP contribution in [-0.4, -0.2) is 54.7 Å². The average molecular weight is 243 g/mol. The van der Waals surface area contributed by atoms with Crippen LogP contribution in [0.3, 0.4) is 0 Å². The first kappa shape index (κ1) is 11.9. The van der Waals surface area contributed by atoms with Crippen molar-refractivity contribution in [3.05, 3.63) is 0 Å². The molecule has 4 aliphatic rings. The van der Waals surface area contributed by atoms with Gasteiger partial charge < -0.3 is 14.2 Å². The Kier molecular flexibility index (Phi) is 2.66. The summed E-state index contributed by atoms with van der Waals surface area (Å²) in [6.07, 6.45) is 4.21. The molecule has 0 N–H and O–H groups in total. The maximum absolute atomic E-state index is 2.84. The Morgan fingerprint density at radius 1 is 0.611 bits per heavy atom. The Morgan fingerprint density at radius 2 is 0.889 bits per heavy atom. The largest absolute Gasteiger partial charge is 0.357 e. The molecule has 0 radical (unpaired) electrons. The van der Waals surface area contributed by atoms with Gasteiger partial charge in [0, 0.05) is 0 Å². The van der Waals surface area contributed by atoms with Crippen LogP contribution in [0.1, 0.15) is 40.0 Å². The summed E-state index contributed by atoms with van der Waals surface area (Å²) in [6, 6.07) is 0. The second kappa shape index (κ2) is 4.03. The van der Waals surface area contributed by atoms with Crippen molar-refractivity contribution >= 4 is 20.9 Å². The third-order valence-corrected chi connectivity index (χ3v) is 6.09. The van der Waals surface area contributed by atoms with Gasteiger partial charge in [0.1, 0.15) is 0 Å². The Morgan fingerprint density at radius 3 is 1.17 bits per heavy atom. The minimum absolute atomic E-state index is 0.752. The minimum Gasteiger partial charge on any atom is -0.357 e. The minimum atomic E-state index is 0.752. The smallest absolute Gasteiger partial charge is 0.293 e. The molecule has 6 heteroatoms. The third-order valence-electron chi connectivity index (χ3n) is 6.09. The van der Waals surface area contributed by atoms with E-state index in [1.807, 2.05) is 0 Å². The van der Waals surface area contributed by atoms with E-state index in [9.17, 15) is 0 Å². The first-order valence-electron chi connectivity index (χ1n) is 7.95. The molecule has 0 bridgehead atoms. The topological polar surface area (TPSA) is 9.72 Å². The van der Waals surface area contributed by atoms with Crippen molar-refractivity contribution in [1.82, 2.24) is 14.2 Å². The van der Waals surface area contributed by atoms with E-state index in [1.54, 1.807) is 0 Å². The molecule has 4 aliphatic heterocycles. The van der Waals surface area contributed by atoms with Gasteiger partial charge in [-0.05, 0) is 56.3 Å². The fraction of sp³-hybridized carbons (Fsp3) is 1.00. The SMILES string of the molecule is CC1CCN2B1N1CCC(C)B1N1CCC(C)B21. The predicted octanol–water partition coefficient (Wildman–Crippen LogP) is 1.75. The molecule has 3 nitrogen and oxygen atoms in total. The fourth-order valence-electron chi connectivity index (χ4n) is 5.30. The van der Waals surface area contributed by atoms with Crippen LogP contribution in [-0.2, 0) is 0 Å². The van der Waals surface area contributed by atoms with Gasteiger partial charge in [0.25, 0.3) is 20.9 Å². The van der Waals surface area contributed by atoms with Gasteiger partial charge in [-0.3, -0.25) is 0 Å². The maximum Gasteiger partial charge on any atom is 0.293 e. The molecule has 0 aromatic carbocycles. The zero-order valence-corrected chi connectivity index (χ0v) is 12.0. The lowest BCUT2D eigenvalue weighted by molar-refractivity contribution is 0.499. The molecule has 0 aromatic heterocycles. The summed E-state index contributed by atoms with van der Waals surface area (Å²) in [5.41, 5.74) is 0. The van der Waals surface area contributed by atoms with Crippen molar-refractivity contribution in [3.63, 3.8) is 0 Å². The Hall–Kier alpha value is 0.0748. The first-order chi connectivity index (χ1) is 8.68. The molecule has 0 aromatic rings. The molecule has 0 saturated carbocycles. The van der Waals surface area contributed by atoms with Crippen LogP contribution in [0.4, 0.5) is 0 Å². The standard InChI is InChI=1S/C12H24B3N3/c1-10-4-7-16-13(10)17-8-5-11(2)15(17)18-9-6-12(3)14(16)18/h10-12H,4-9H2,1-3H3. The highest BCUT2D eigenvalue weighted by atomic mass is 15.3. The molecule has 4 fully saturated rings. The molecule has 18 heavy (non-hydrogen) atoms. The lowest BCUT2D eigenvalue weighted by atomic mass is 9.39. The molecular formula is C12H24B3N3. The molecule has 0 amide bonds. The second-order valence-corrected chi connectivity index (χ2v) is 7.25. The van der Waals surface area contributed by atoms with Crippen LogP contribution in [0.15, 0.2) is 0 Å². The zero-order valence-electron chi connectivity index (χ0n) is 12.0. The molecule has 3 atom stereocenters. The average Bonchev–Trinajstić information content (AvgIpc) is 2.99. The molecule has 4 rings (SSSR count). The van der Waals surface area contributed by atoms with Gasteiger partial charge >= 0.3 is 0 Å². The van der Waals surface area contributed by atoms with Crippen LogP contribution in [0.25, 0.3) is 0 Å². The lowest BCUT2D eigenvalue weighted by Crippen LogP contribution is -2.74. The van der Waals surface area contributed by atoms with Crippen LogP contribution < -0.4 is 0 Å². The van der Waals surface area contributed by atoms with Crippen LogP contribution >= 0.6 is 0 Å². The van der Waals surface area contributed by atoms with Crippen LogP contribution in [0, 0.1) is 0 Å². The van der Waals surface area contributed by atoms with E-state index in [2.05, 4.69) is 34.9 Å². The highest BCUT2D eigenvalue weighted by Crippen LogP contribution is 2.46. The van der Waals surface area contributed by atoms with Gasteiger partial charge in [0.05, 0.1) is 0 Å². The Bertz CT molecular complexity index is 291. The number of hydrogen-bond donors (Lipinski definition) is 0. The van der Waals surface area contributed by atoms with E-state index >= 15 is 0 Å². The van der Waals surface area contributed by atoms with Crippen molar-refractivity contribution in [1.29, 1.82) is 0 Å². The summed E-state index contributed by atoms with van der Waals surface area (Å²) in [6.45, 7) is 13.7. The van der Waals surface area contributed by atoms with E-state index in [0.29, 0.717) is 0 Å². The Balaban J connectivity index is 1.73. The summed E-state index contributed by atoms with van der Waals surface area (Å²) in [4.78, 5) is 0. The molecule has 4 heterocycles. The molecule has 3 unspecified atom stereocenters. The van der Waals surface area contributed by atoms with Crippen LogP contribution in [0.5, 0.6) is 0 Å². The van der Waals surface area contributed by atoms with Crippen LogP contribution in [0.2, 0.25) is 17.5 Å². The monoisotopic (exact) mass is 243 g/mol. The summed E-state index contributed by atoms with van der Waals surface area (Å²) >= 11 is 0. The normalized spacial score (nSPS) is 41.5. The highest BCUT2D eigenvalue weighted by Gasteiger charge is 2.61. The van der Waals surface area contributed by atoms with E-state index in [-0.39, 0.29) is 0 Å². The summed E-state index contributed by atoms with van der Waals surface area (Å²) in [5.74, 6) is 2.60. The lowest BCUT2D eigenvalue weighted by Gasteiger charge is -2.50. The van der Waals surface area contributed by atoms with Gasteiger partial charge in [-0.1, -0.05) is 20.8 Å². The Labute approximate surface area is 113 Å². The highest BCUT2D eigenvalue weighted by molar-refractivity contribution is 6.88. The van der Waals surface area contributed by atoms with E-state index in [4.69, 9.17) is 0 Å². The summed E-state index contributed by atoms with van der Waals surface area (Å²) in [7, 11) is 0. The van der Waals surface area contributed by atoms with Crippen molar-refractivity contribution in [2.45, 2.75) is 57.5 Å². The number of hydrogen-bond acceptors (Lipinski definition) is 3. The van der Waals surface area contributed by atoms with Crippen molar-refractivity contribution in [3.8, 4) is 0 Å². The molecular weight excluding hydrogens is 219 g/mol. The first-order valence-corrected chi connectivity index (χ1v) is 7.95. The summed E-state index contributed by atoms with van der Waals surface area (Å²) in [5, 5.41) is 0. The third kappa shape index (κ3) is 1.40. The molecule has 96 valence electrons. The molecule has 0 aliphatic carbocycles. The van der Waals surface area contributed by atoms with Crippen molar-refractivity contribution in [2.75, 3.05) is 19.6 Å². The quantitative estimate of drug-likeness (QED) is 0.600. The number of fused-ring (bicyclic) bond motifs is 6. The summed E-state index contributed by atoms with van der Waals surface area (Å²) < 4.78 is 8.53. The zero-order chi connectivity index (χ0) is 12.4.